The van der Waals surface area contributed by atoms with E-state index in [1.165, 1.54) is 19.2 Å². The number of piperidine rings is 1. The van der Waals surface area contributed by atoms with Crippen molar-refractivity contribution in [3.8, 4) is 0 Å². The van der Waals surface area contributed by atoms with Gasteiger partial charge in [-0.05, 0) is 38.1 Å². The predicted molar refractivity (Wildman–Crippen MR) is 80.3 cm³/mol. The summed E-state index contributed by atoms with van der Waals surface area (Å²) in [7, 11) is -2.19. The molecule has 2 rings (SSSR count). The van der Waals surface area contributed by atoms with Gasteiger partial charge in [0.15, 0.2) is 0 Å². The van der Waals surface area contributed by atoms with Gasteiger partial charge in [-0.1, -0.05) is 18.2 Å². The number of amides is 1. The van der Waals surface area contributed by atoms with Crippen molar-refractivity contribution >= 4 is 15.9 Å². The summed E-state index contributed by atoms with van der Waals surface area (Å²) in [5, 5.41) is 6.11. The smallest absolute Gasteiger partial charge is 0.243 e. The number of sulfonamides is 1. The van der Waals surface area contributed by atoms with E-state index in [9.17, 15) is 13.2 Å². The Kier molecular flexibility index (Phi) is 5.33. The SMILES string of the molecule is CN(CC(=O)NC1CCNCC1)S(=O)(=O)c1ccccc1. The van der Waals surface area contributed by atoms with Crippen LogP contribution in [0.25, 0.3) is 0 Å². The Labute approximate surface area is 125 Å². The van der Waals surface area contributed by atoms with Crippen molar-refractivity contribution < 1.29 is 13.2 Å². The normalized spacial score (nSPS) is 16.9. The first-order chi connectivity index (χ1) is 10.00. The zero-order valence-electron chi connectivity index (χ0n) is 12.1. The fourth-order valence-electron chi connectivity index (χ4n) is 2.30. The first-order valence-corrected chi connectivity index (χ1v) is 8.45. The molecule has 1 saturated heterocycles. The Morgan fingerprint density at radius 1 is 1.29 bits per heavy atom. The molecule has 2 N–H and O–H groups in total. The van der Waals surface area contributed by atoms with Crippen molar-refractivity contribution in [3.05, 3.63) is 30.3 Å². The molecule has 116 valence electrons. The molecule has 0 aromatic heterocycles. The quantitative estimate of drug-likeness (QED) is 0.813. The van der Waals surface area contributed by atoms with Crippen molar-refractivity contribution in [1.29, 1.82) is 0 Å². The molecule has 1 aliphatic heterocycles. The topological polar surface area (TPSA) is 78.5 Å². The third-order valence-corrected chi connectivity index (χ3v) is 5.34. The van der Waals surface area contributed by atoms with Crippen molar-refractivity contribution in [1.82, 2.24) is 14.9 Å². The van der Waals surface area contributed by atoms with Crippen LogP contribution in [0.4, 0.5) is 0 Å². The van der Waals surface area contributed by atoms with Crippen LogP contribution in [0.15, 0.2) is 35.2 Å². The minimum atomic E-state index is -3.61. The van der Waals surface area contributed by atoms with Gasteiger partial charge in [0.2, 0.25) is 15.9 Å². The highest BCUT2D eigenvalue weighted by atomic mass is 32.2. The Balaban J connectivity index is 1.94. The number of nitrogens with zero attached hydrogens (tertiary/aromatic N) is 1. The molecule has 0 unspecified atom stereocenters. The Hall–Kier alpha value is -1.44. The van der Waals surface area contributed by atoms with Crippen LogP contribution >= 0.6 is 0 Å². The molecule has 1 aliphatic rings. The lowest BCUT2D eigenvalue weighted by Crippen LogP contribution is -2.46. The van der Waals surface area contributed by atoms with E-state index in [4.69, 9.17) is 0 Å². The van der Waals surface area contributed by atoms with E-state index < -0.39 is 10.0 Å². The Morgan fingerprint density at radius 3 is 2.52 bits per heavy atom. The van der Waals surface area contributed by atoms with Crippen molar-refractivity contribution in [2.75, 3.05) is 26.7 Å². The van der Waals surface area contributed by atoms with Crippen molar-refractivity contribution in [3.63, 3.8) is 0 Å². The van der Waals surface area contributed by atoms with Gasteiger partial charge in [0.05, 0.1) is 11.4 Å². The predicted octanol–water partition coefficient (Wildman–Crippen LogP) is 0.175. The number of hydrogen-bond donors (Lipinski definition) is 2. The molecule has 1 amide bonds. The monoisotopic (exact) mass is 311 g/mol. The fourth-order valence-corrected chi connectivity index (χ4v) is 3.45. The maximum Gasteiger partial charge on any atom is 0.243 e. The van der Waals surface area contributed by atoms with Crippen LogP contribution in [-0.4, -0.2) is 51.4 Å². The van der Waals surface area contributed by atoms with Crippen LogP contribution in [-0.2, 0) is 14.8 Å². The maximum absolute atomic E-state index is 12.3. The summed E-state index contributed by atoms with van der Waals surface area (Å²) >= 11 is 0. The molecule has 0 saturated carbocycles. The molecule has 0 bridgehead atoms. The van der Waals surface area contributed by atoms with Gasteiger partial charge in [0.1, 0.15) is 0 Å². The average Bonchev–Trinajstić information content (AvgIpc) is 2.49. The van der Waals surface area contributed by atoms with Crippen LogP contribution in [0.3, 0.4) is 0 Å². The molecule has 1 aromatic rings. The highest BCUT2D eigenvalue weighted by molar-refractivity contribution is 7.89. The zero-order valence-corrected chi connectivity index (χ0v) is 12.9. The summed E-state index contributed by atoms with van der Waals surface area (Å²) in [6.07, 6.45) is 1.75. The number of carbonyl (C=O) groups is 1. The standard InChI is InChI=1S/C14H21N3O3S/c1-17(21(19,20)13-5-3-2-4-6-13)11-14(18)16-12-7-9-15-10-8-12/h2-6,12,15H,7-11H2,1H3,(H,16,18). The molecule has 1 aromatic carbocycles. The second-order valence-corrected chi connectivity index (χ2v) is 7.21. The van der Waals surface area contributed by atoms with Crippen LogP contribution in [0.5, 0.6) is 0 Å². The van der Waals surface area contributed by atoms with E-state index >= 15 is 0 Å². The third kappa shape index (κ3) is 4.26. The number of likely N-dealkylation sites (N-methyl/N-ethyl adjacent to an activating group) is 1. The van der Waals surface area contributed by atoms with Crippen LogP contribution in [0.1, 0.15) is 12.8 Å². The van der Waals surface area contributed by atoms with Gasteiger partial charge in [-0.15, -0.1) is 0 Å². The molecular formula is C14H21N3O3S. The van der Waals surface area contributed by atoms with Gasteiger partial charge in [0, 0.05) is 13.1 Å². The number of rotatable bonds is 5. The van der Waals surface area contributed by atoms with Gasteiger partial charge in [-0.3, -0.25) is 4.79 Å². The fraction of sp³-hybridized carbons (Fsp3) is 0.500. The number of hydrogen-bond acceptors (Lipinski definition) is 4. The molecule has 0 aliphatic carbocycles. The molecule has 6 nitrogen and oxygen atoms in total. The van der Waals surface area contributed by atoms with Gasteiger partial charge < -0.3 is 10.6 Å². The van der Waals surface area contributed by atoms with E-state index in [1.54, 1.807) is 18.2 Å². The third-order valence-electron chi connectivity index (χ3n) is 3.52. The van der Waals surface area contributed by atoms with Crippen molar-refractivity contribution in [2.24, 2.45) is 0 Å². The minimum Gasteiger partial charge on any atom is -0.352 e. The summed E-state index contributed by atoms with van der Waals surface area (Å²) < 4.78 is 25.7. The molecule has 0 atom stereocenters. The molecule has 0 spiro atoms. The second kappa shape index (κ2) is 7.02. The first-order valence-electron chi connectivity index (χ1n) is 7.01. The second-order valence-electron chi connectivity index (χ2n) is 5.17. The number of nitrogens with one attached hydrogen (secondary N) is 2. The van der Waals surface area contributed by atoms with Crippen LogP contribution < -0.4 is 10.6 Å². The molecule has 7 heteroatoms. The summed E-state index contributed by atoms with van der Waals surface area (Å²) in [6, 6.07) is 8.26. The lowest BCUT2D eigenvalue weighted by Gasteiger charge is -2.25. The Morgan fingerprint density at radius 2 is 1.90 bits per heavy atom. The maximum atomic E-state index is 12.3. The first kappa shape index (κ1) is 15.9. The lowest BCUT2D eigenvalue weighted by atomic mass is 10.1. The Bertz CT molecular complexity index is 568. The summed E-state index contributed by atoms with van der Waals surface area (Å²) in [5.41, 5.74) is 0. The van der Waals surface area contributed by atoms with Crippen molar-refractivity contribution in [2.45, 2.75) is 23.8 Å². The van der Waals surface area contributed by atoms with E-state index in [0.29, 0.717) is 0 Å². The van der Waals surface area contributed by atoms with E-state index in [1.807, 2.05) is 0 Å². The highest BCUT2D eigenvalue weighted by Crippen LogP contribution is 2.13. The van der Waals surface area contributed by atoms with Crippen LogP contribution in [0.2, 0.25) is 0 Å². The van der Waals surface area contributed by atoms with E-state index in [2.05, 4.69) is 10.6 Å². The number of benzene rings is 1. The minimum absolute atomic E-state index is 0.131. The molecular weight excluding hydrogens is 290 g/mol. The van der Waals surface area contributed by atoms with Gasteiger partial charge in [-0.2, -0.15) is 4.31 Å². The molecule has 21 heavy (non-hydrogen) atoms. The molecule has 0 radical (unpaired) electrons. The van der Waals surface area contributed by atoms with E-state index in [0.717, 1.165) is 30.2 Å². The number of carbonyl (C=O) groups excluding carboxylic acids is 1. The van der Waals surface area contributed by atoms with E-state index in [-0.39, 0.29) is 23.4 Å². The summed E-state index contributed by atoms with van der Waals surface area (Å²) in [5.74, 6) is -0.260. The van der Waals surface area contributed by atoms with Gasteiger partial charge >= 0.3 is 0 Å². The van der Waals surface area contributed by atoms with Crippen LogP contribution in [0, 0.1) is 0 Å². The van der Waals surface area contributed by atoms with Gasteiger partial charge in [-0.25, -0.2) is 8.42 Å². The molecule has 1 heterocycles. The average molecular weight is 311 g/mol. The highest BCUT2D eigenvalue weighted by Gasteiger charge is 2.24. The summed E-state index contributed by atoms with van der Waals surface area (Å²) in [4.78, 5) is 12.2. The zero-order chi connectivity index (χ0) is 15.3. The molecule has 1 fully saturated rings. The summed E-state index contributed by atoms with van der Waals surface area (Å²) in [6.45, 7) is 1.59. The van der Waals surface area contributed by atoms with Gasteiger partial charge in [0.25, 0.3) is 0 Å². The largest absolute Gasteiger partial charge is 0.352 e. The lowest BCUT2D eigenvalue weighted by molar-refractivity contribution is -0.122.